The van der Waals surface area contributed by atoms with Crippen molar-refractivity contribution < 1.29 is 4.79 Å². The number of nitrogens with zero attached hydrogens (tertiary/aromatic N) is 2. The van der Waals surface area contributed by atoms with Crippen molar-refractivity contribution in [3.8, 4) is 0 Å². The number of fused-ring (bicyclic) bond motifs is 1. The van der Waals surface area contributed by atoms with Gasteiger partial charge in [0.05, 0.1) is 16.6 Å². The second-order valence-electron chi connectivity index (χ2n) is 6.34. The molecule has 1 aliphatic rings. The number of imidazole rings is 1. The van der Waals surface area contributed by atoms with Gasteiger partial charge in [-0.2, -0.15) is 0 Å². The van der Waals surface area contributed by atoms with Crippen LogP contribution in [0.4, 0.5) is 0 Å². The fourth-order valence-electron chi connectivity index (χ4n) is 3.64. The van der Waals surface area contributed by atoms with E-state index in [2.05, 4.69) is 5.32 Å². The Morgan fingerprint density at radius 1 is 1.21 bits per heavy atom. The molecule has 1 heterocycles. The highest BCUT2D eigenvalue weighted by Gasteiger charge is 2.34. The highest BCUT2D eigenvalue weighted by Crippen LogP contribution is 2.28. The number of hydrogen-bond acceptors (Lipinski definition) is 3. The molecule has 0 spiro atoms. The summed E-state index contributed by atoms with van der Waals surface area (Å²) < 4.78 is 3.24. The summed E-state index contributed by atoms with van der Waals surface area (Å²) in [6.45, 7) is 3.00. The lowest BCUT2D eigenvalue weighted by Crippen LogP contribution is -2.52. The molecule has 3 N–H and O–H groups in total. The largest absolute Gasteiger partial charge is 0.348 e. The monoisotopic (exact) mass is 352 g/mol. The van der Waals surface area contributed by atoms with Crippen molar-refractivity contribution >= 4 is 29.3 Å². The van der Waals surface area contributed by atoms with Gasteiger partial charge in [0, 0.05) is 13.1 Å². The van der Waals surface area contributed by atoms with E-state index < -0.39 is 0 Å². The van der Waals surface area contributed by atoms with Crippen molar-refractivity contribution in [1.82, 2.24) is 14.5 Å². The second kappa shape index (κ2) is 7.40. The zero-order valence-corrected chi connectivity index (χ0v) is 14.8. The van der Waals surface area contributed by atoms with Crippen molar-refractivity contribution in [3.05, 3.63) is 34.7 Å². The first kappa shape index (κ1) is 18.5. The Balaban J connectivity index is 0.00000208. The molecule has 1 aromatic heterocycles. The number of benzene rings is 1. The van der Waals surface area contributed by atoms with Crippen LogP contribution < -0.4 is 16.7 Å². The van der Waals surface area contributed by atoms with Crippen LogP contribution >= 0.6 is 12.4 Å². The van der Waals surface area contributed by atoms with Gasteiger partial charge in [-0.05, 0) is 31.9 Å². The first-order chi connectivity index (χ1) is 11.1. The summed E-state index contributed by atoms with van der Waals surface area (Å²) in [6, 6.07) is 7.58. The highest BCUT2D eigenvalue weighted by molar-refractivity contribution is 5.85. The van der Waals surface area contributed by atoms with Crippen molar-refractivity contribution in [2.45, 2.75) is 51.2 Å². The maximum Gasteiger partial charge on any atom is 0.329 e. The van der Waals surface area contributed by atoms with Crippen molar-refractivity contribution in [2.75, 3.05) is 6.54 Å². The molecule has 3 rings (SSSR count). The molecule has 0 saturated heterocycles. The van der Waals surface area contributed by atoms with Crippen LogP contribution in [0.2, 0.25) is 0 Å². The minimum Gasteiger partial charge on any atom is -0.348 e. The van der Waals surface area contributed by atoms with Crippen LogP contribution in [0.25, 0.3) is 11.0 Å². The minimum absolute atomic E-state index is 0. The topological polar surface area (TPSA) is 82.0 Å². The van der Waals surface area contributed by atoms with Crippen LogP contribution in [0.1, 0.15) is 32.6 Å². The van der Waals surface area contributed by atoms with Crippen molar-refractivity contribution in [2.24, 2.45) is 5.73 Å². The Morgan fingerprint density at radius 2 is 1.79 bits per heavy atom. The Kier molecular flexibility index (Phi) is 5.72. The van der Waals surface area contributed by atoms with E-state index >= 15 is 0 Å². The van der Waals surface area contributed by atoms with E-state index in [1.807, 2.05) is 31.2 Å². The fourth-order valence-corrected chi connectivity index (χ4v) is 3.64. The lowest BCUT2D eigenvalue weighted by atomic mass is 9.98. The molecular weight excluding hydrogens is 328 g/mol. The molecule has 0 atom stereocenters. The molecule has 0 unspecified atom stereocenters. The summed E-state index contributed by atoms with van der Waals surface area (Å²) in [5, 5.41) is 3.08. The molecule has 0 aliphatic heterocycles. The van der Waals surface area contributed by atoms with Crippen molar-refractivity contribution in [3.63, 3.8) is 0 Å². The fraction of sp³-hybridized carbons (Fsp3) is 0.529. The van der Waals surface area contributed by atoms with E-state index in [1.165, 1.54) is 0 Å². The minimum atomic E-state index is -0.288. The molecule has 7 heteroatoms. The van der Waals surface area contributed by atoms with Crippen LogP contribution in [-0.4, -0.2) is 27.1 Å². The number of carbonyl (C=O) groups is 1. The summed E-state index contributed by atoms with van der Waals surface area (Å²) in [5.74, 6) is -0.140. The predicted molar refractivity (Wildman–Crippen MR) is 97.5 cm³/mol. The quantitative estimate of drug-likeness (QED) is 0.858. The Labute approximate surface area is 147 Å². The normalized spacial score (nSPS) is 16.1. The van der Waals surface area contributed by atoms with Gasteiger partial charge in [-0.1, -0.05) is 25.0 Å². The van der Waals surface area contributed by atoms with Crippen LogP contribution in [0.3, 0.4) is 0 Å². The molecule has 24 heavy (non-hydrogen) atoms. The van der Waals surface area contributed by atoms with Crippen molar-refractivity contribution in [1.29, 1.82) is 0 Å². The summed E-state index contributed by atoms with van der Waals surface area (Å²) >= 11 is 0. The molecule has 1 aliphatic carbocycles. The van der Waals surface area contributed by atoms with Gasteiger partial charge >= 0.3 is 5.69 Å². The number of aromatic nitrogens is 2. The molecular formula is C17H25ClN4O2. The zero-order chi connectivity index (χ0) is 16.4. The maximum atomic E-state index is 12.6. The molecule has 0 radical (unpaired) electrons. The number of hydrogen-bond donors (Lipinski definition) is 2. The average Bonchev–Trinajstić information content (AvgIpc) is 3.12. The Morgan fingerprint density at radius 3 is 2.33 bits per heavy atom. The first-order valence-corrected chi connectivity index (χ1v) is 8.29. The van der Waals surface area contributed by atoms with Gasteiger partial charge in [-0.25, -0.2) is 4.79 Å². The SMILES string of the molecule is CCn1c(=O)n(CC(=O)NC2(CN)CCCC2)c2ccccc21.Cl. The average molecular weight is 353 g/mol. The number of rotatable bonds is 5. The number of amides is 1. The third kappa shape index (κ3) is 3.21. The van der Waals surface area contributed by atoms with E-state index in [1.54, 1.807) is 9.13 Å². The number of nitrogens with two attached hydrogens (primary N) is 1. The first-order valence-electron chi connectivity index (χ1n) is 8.29. The number of para-hydroxylation sites is 2. The molecule has 0 bridgehead atoms. The lowest BCUT2D eigenvalue weighted by molar-refractivity contribution is -0.123. The number of halogens is 1. The third-order valence-electron chi connectivity index (χ3n) is 4.90. The Bertz CT molecular complexity index is 774. The molecule has 1 amide bonds. The van der Waals surface area contributed by atoms with Gasteiger partial charge in [0.2, 0.25) is 5.91 Å². The summed E-state index contributed by atoms with van der Waals surface area (Å²) in [7, 11) is 0. The summed E-state index contributed by atoms with van der Waals surface area (Å²) in [4.78, 5) is 25.1. The van der Waals surface area contributed by atoms with E-state index in [-0.39, 0.29) is 36.1 Å². The van der Waals surface area contributed by atoms with Gasteiger partial charge in [0.15, 0.2) is 0 Å². The maximum absolute atomic E-state index is 12.6. The number of aryl methyl sites for hydroxylation is 1. The van der Waals surface area contributed by atoms with Crippen LogP contribution in [0, 0.1) is 0 Å². The zero-order valence-electron chi connectivity index (χ0n) is 14.0. The standard InChI is InChI=1S/C17H24N4O2.ClH/c1-2-20-13-7-3-4-8-14(13)21(16(20)23)11-15(22)19-17(12-18)9-5-6-10-17;/h3-4,7-8H,2,5-6,9-12,18H2,1H3,(H,19,22);1H. The second-order valence-corrected chi connectivity index (χ2v) is 6.34. The molecule has 132 valence electrons. The molecule has 2 aromatic rings. The van der Waals surface area contributed by atoms with E-state index in [0.717, 1.165) is 36.7 Å². The number of carbonyl (C=O) groups excluding carboxylic acids is 1. The van der Waals surface area contributed by atoms with Crippen LogP contribution in [-0.2, 0) is 17.9 Å². The van der Waals surface area contributed by atoms with Crippen LogP contribution in [0.5, 0.6) is 0 Å². The predicted octanol–water partition coefficient (Wildman–Crippen LogP) is 1.63. The van der Waals surface area contributed by atoms with Gasteiger partial charge in [0.25, 0.3) is 0 Å². The summed E-state index contributed by atoms with van der Waals surface area (Å²) in [5.41, 5.74) is 7.10. The molecule has 6 nitrogen and oxygen atoms in total. The number of nitrogens with one attached hydrogen (secondary N) is 1. The summed E-state index contributed by atoms with van der Waals surface area (Å²) in [6.07, 6.45) is 4.01. The lowest BCUT2D eigenvalue weighted by Gasteiger charge is -2.28. The third-order valence-corrected chi connectivity index (χ3v) is 4.90. The smallest absolute Gasteiger partial charge is 0.329 e. The Hall–Kier alpha value is -1.79. The van der Waals surface area contributed by atoms with E-state index in [4.69, 9.17) is 5.73 Å². The highest BCUT2D eigenvalue weighted by atomic mass is 35.5. The van der Waals surface area contributed by atoms with Crippen LogP contribution in [0.15, 0.2) is 29.1 Å². The van der Waals surface area contributed by atoms with Gasteiger partial charge < -0.3 is 11.1 Å². The van der Waals surface area contributed by atoms with E-state index in [0.29, 0.717) is 13.1 Å². The van der Waals surface area contributed by atoms with Gasteiger partial charge in [0.1, 0.15) is 6.54 Å². The molecule has 1 saturated carbocycles. The van der Waals surface area contributed by atoms with Gasteiger partial charge in [-0.15, -0.1) is 12.4 Å². The van der Waals surface area contributed by atoms with Gasteiger partial charge in [-0.3, -0.25) is 13.9 Å². The molecule has 1 aromatic carbocycles. The van der Waals surface area contributed by atoms with E-state index in [9.17, 15) is 9.59 Å². The molecule has 1 fully saturated rings.